The predicted molar refractivity (Wildman–Crippen MR) is 159 cm³/mol. The number of hydrogen-bond donors (Lipinski definition) is 2. The number of rotatable bonds is 4. The van der Waals surface area contributed by atoms with E-state index in [1.807, 2.05) is 65.3 Å². The minimum Gasteiger partial charge on any atom is -0.381 e. The molecule has 0 bridgehead atoms. The first-order chi connectivity index (χ1) is 21.3. The molecule has 10 nitrogen and oxygen atoms in total. The number of pyridine rings is 1. The lowest BCUT2D eigenvalue weighted by atomic mass is 10.0. The average Bonchev–Trinajstić information content (AvgIpc) is 3.69. The van der Waals surface area contributed by atoms with Crippen LogP contribution < -0.4 is 16.6 Å². The van der Waals surface area contributed by atoms with Crippen LogP contribution in [0.2, 0.25) is 0 Å². The third-order valence-electron chi connectivity index (χ3n) is 7.41. The van der Waals surface area contributed by atoms with Crippen LogP contribution >= 0.6 is 0 Å². The second kappa shape index (κ2) is 10.1. The van der Waals surface area contributed by atoms with Crippen LogP contribution in [0.4, 0.5) is 5.82 Å². The van der Waals surface area contributed by atoms with E-state index < -0.39 is 11.9 Å². The molecular weight excluding hydrogens is 528 g/mol. The van der Waals surface area contributed by atoms with E-state index in [0.717, 1.165) is 23.9 Å². The number of nitrogens with zero attached hydrogens (tertiary/aromatic N) is 6. The van der Waals surface area contributed by atoms with Crippen molar-refractivity contribution in [3.63, 3.8) is 0 Å². The van der Waals surface area contributed by atoms with Crippen LogP contribution in [0, 0.1) is 11.8 Å². The van der Waals surface area contributed by atoms with Crippen LogP contribution in [-0.2, 0) is 13.0 Å². The summed E-state index contributed by atoms with van der Waals surface area (Å²) in [7, 11) is 0. The van der Waals surface area contributed by atoms with Gasteiger partial charge in [-0.2, -0.15) is 5.10 Å². The van der Waals surface area contributed by atoms with Crippen molar-refractivity contribution < 1.29 is 7.54 Å². The molecule has 3 N–H and O–H groups in total. The van der Waals surface area contributed by atoms with Gasteiger partial charge in [-0.3, -0.25) is 18.8 Å². The van der Waals surface area contributed by atoms with Crippen molar-refractivity contribution in [1.29, 1.82) is 0 Å². The number of benzene rings is 2. The Hall–Kier alpha value is -5.69. The van der Waals surface area contributed by atoms with E-state index in [4.69, 9.17) is 8.48 Å². The van der Waals surface area contributed by atoms with Crippen molar-refractivity contribution in [3.8, 4) is 17.5 Å². The lowest BCUT2D eigenvalue weighted by Gasteiger charge is -2.21. The summed E-state index contributed by atoms with van der Waals surface area (Å²) in [5, 5.41) is 12.7. The number of nitrogen functional groups attached to an aromatic ring is 1. The number of nitrogens with one attached hydrogen (secondary N) is 1. The molecule has 1 amide bonds. The standard InChI is InChI=1S/C32H26N8O2/c1-20(35-31(41)28-29(33)37-39-17-7-15-34-30(28)39)26-18-22-9-5-8-21(13-14-23-19-25-12-6-16-38(25)36-23)27(22)32(42)40(26)24-10-3-2-4-11-24/h2-5,7-11,15,17-20H,6,12,16H2,1H3,(H2,33,37)(H,35,41)/t20-/m0/s1/i15D,17D. The summed E-state index contributed by atoms with van der Waals surface area (Å²) >= 11 is 0. The van der Waals surface area contributed by atoms with Crippen molar-refractivity contribution in [2.75, 3.05) is 5.73 Å². The summed E-state index contributed by atoms with van der Waals surface area (Å²) in [6.07, 6.45) is 1.76. The van der Waals surface area contributed by atoms with E-state index >= 15 is 0 Å². The molecule has 42 heavy (non-hydrogen) atoms. The lowest BCUT2D eigenvalue weighted by molar-refractivity contribution is 0.0941. The van der Waals surface area contributed by atoms with E-state index in [1.165, 1.54) is 11.8 Å². The van der Waals surface area contributed by atoms with Gasteiger partial charge < -0.3 is 11.1 Å². The summed E-state index contributed by atoms with van der Waals surface area (Å²) < 4.78 is 20.6. The van der Waals surface area contributed by atoms with Crippen molar-refractivity contribution in [2.24, 2.45) is 0 Å². The maximum absolute atomic E-state index is 14.3. The highest BCUT2D eigenvalue weighted by molar-refractivity contribution is 6.04. The molecule has 0 aliphatic carbocycles. The average molecular weight is 557 g/mol. The minimum atomic E-state index is -0.675. The van der Waals surface area contributed by atoms with Gasteiger partial charge in [-0.15, -0.1) is 5.10 Å². The summed E-state index contributed by atoms with van der Waals surface area (Å²) in [4.78, 5) is 31.9. The quantitative estimate of drug-likeness (QED) is 0.320. The van der Waals surface area contributed by atoms with Crippen molar-refractivity contribution in [2.45, 2.75) is 32.4 Å². The van der Waals surface area contributed by atoms with Crippen LogP contribution in [0.25, 0.3) is 22.1 Å². The smallest absolute Gasteiger partial charge is 0.264 e. The number of anilines is 1. The second-order valence-electron chi connectivity index (χ2n) is 10.1. The van der Waals surface area contributed by atoms with Gasteiger partial charge in [0.25, 0.3) is 11.5 Å². The Morgan fingerprint density at radius 2 is 1.95 bits per heavy atom. The number of amides is 1. The first kappa shape index (κ1) is 23.1. The predicted octanol–water partition coefficient (Wildman–Crippen LogP) is 3.65. The molecular formula is C32H26N8O2. The van der Waals surface area contributed by atoms with Gasteiger partial charge >= 0.3 is 0 Å². The Morgan fingerprint density at radius 1 is 1.10 bits per heavy atom. The Morgan fingerprint density at radius 3 is 2.79 bits per heavy atom. The monoisotopic (exact) mass is 556 g/mol. The van der Waals surface area contributed by atoms with E-state index in [-0.39, 0.29) is 34.9 Å². The number of hydrogen-bond acceptors (Lipinski definition) is 6. The molecule has 0 radical (unpaired) electrons. The highest BCUT2D eigenvalue weighted by atomic mass is 16.2. The molecule has 0 fully saturated rings. The first-order valence-corrected chi connectivity index (χ1v) is 13.5. The molecule has 6 aromatic rings. The SMILES string of the molecule is [2H]c1cc([2H])n2nc(N)c(C(=O)N[C@@H](C)c3cc4cccc(C#Cc5cc6n(n5)CCC6)c4c(=O)n3-c3ccccc3)c2n1. The zero-order valence-corrected chi connectivity index (χ0v) is 22.6. The molecule has 1 atom stereocenters. The third-order valence-corrected chi connectivity index (χ3v) is 7.41. The number of aryl methyl sites for hydroxylation is 2. The van der Waals surface area contributed by atoms with Crippen LogP contribution in [0.5, 0.6) is 0 Å². The highest BCUT2D eigenvalue weighted by Gasteiger charge is 2.24. The third kappa shape index (κ3) is 4.28. The number of aromatic nitrogens is 6. The molecule has 4 aromatic heterocycles. The topological polar surface area (TPSA) is 125 Å². The lowest BCUT2D eigenvalue weighted by Crippen LogP contribution is -2.32. The molecule has 2 aromatic carbocycles. The van der Waals surface area contributed by atoms with Gasteiger partial charge in [-0.25, -0.2) is 9.50 Å². The molecule has 0 saturated heterocycles. The summed E-state index contributed by atoms with van der Waals surface area (Å²) in [5.74, 6) is 5.60. The van der Waals surface area contributed by atoms with Crippen molar-refractivity contribution >= 4 is 28.1 Å². The maximum Gasteiger partial charge on any atom is 0.264 e. The van der Waals surface area contributed by atoms with Crippen LogP contribution in [0.1, 0.15) is 55.1 Å². The van der Waals surface area contributed by atoms with Gasteiger partial charge in [0.15, 0.2) is 11.5 Å². The number of fused-ring (bicyclic) bond motifs is 3. The molecule has 10 heteroatoms. The van der Waals surface area contributed by atoms with Gasteiger partial charge in [-0.05, 0) is 67.5 Å². The number of nitrogens with two attached hydrogens (primary N) is 1. The Bertz CT molecular complexity index is 2220. The number of para-hydroxylation sites is 1. The Balaban J connectivity index is 1.33. The van der Waals surface area contributed by atoms with Gasteiger partial charge in [0.1, 0.15) is 11.3 Å². The molecule has 0 unspecified atom stereocenters. The largest absolute Gasteiger partial charge is 0.381 e. The van der Waals surface area contributed by atoms with Gasteiger partial charge in [0, 0.05) is 41.5 Å². The zero-order valence-electron chi connectivity index (χ0n) is 24.6. The maximum atomic E-state index is 14.3. The fourth-order valence-electron chi connectivity index (χ4n) is 5.46. The molecule has 206 valence electrons. The Kier molecular flexibility index (Phi) is 5.52. The van der Waals surface area contributed by atoms with Crippen LogP contribution in [-0.4, -0.2) is 34.9 Å². The van der Waals surface area contributed by atoms with Crippen molar-refractivity contribution in [1.82, 2.24) is 34.3 Å². The van der Waals surface area contributed by atoms with E-state index in [1.54, 1.807) is 11.5 Å². The fourth-order valence-corrected chi connectivity index (χ4v) is 5.46. The molecule has 0 spiro atoms. The minimum absolute atomic E-state index is 0.00909. The van der Waals surface area contributed by atoms with Crippen molar-refractivity contribution in [3.05, 3.63) is 118 Å². The highest BCUT2D eigenvalue weighted by Crippen LogP contribution is 2.25. The second-order valence-corrected chi connectivity index (χ2v) is 10.1. The zero-order chi connectivity index (χ0) is 30.5. The molecule has 5 heterocycles. The summed E-state index contributed by atoms with van der Waals surface area (Å²) in [6, 6.07) is 19.1. The molecule has 0 saturated carbocycles. The number of carbonyl (C=O) groups excluding carboxylic acids is 1. The molecule has 1 aliphatic heterocycles. The molecule has 1 aliphatic rings. The summed E-state index contributed by atoms with van der Waals surface area (Å²) in [6.45, 7) is 2.66. The van der Waals surface area contributed by atoms with Gasteiger partial charge in [-0.1, -0.05) is 36.3 Å². The van der Waals surface area contributed by atoms with Gasteiger partial charge in [0.2, 0.25) is 0 Å². The normalized spacial score (nSPS) is 13.7. The first-order valence-electron chi connectivity index (χ1n) is 14.5. The van der Waals surface area contributed by atoms with Crippen LogP contribution in [0.3, 0.4) is 0 Å². The van der Waals surface area contributed by atoms with E-state index in [2.05, 4.69) is 32.3 Å². The van der Waals surface area contributed by atoms with E-state index in [0.29, 0.717) is 33.4 Å². The number of carbonyl (C=O) groups is 1. The van der Waals surface area contributed by atoms with Gasteiger partial charge in [0.05, 0.1) is 14.2 Å². The fraction of sp³-hybridized carbons (Fsp3) is 0.156. The Labute approximate surface area is 243 Å². The van der Waals surface area contributed by atoms with E-state index in [9.17, 15) is 9.59 Å². The summed E-state index contributed by atoms with van der Waals surface area (Å²) in [5.41, 5.74) is 9.32. The van der Waals surface area contributed by atoms with Crippen LogP contribution in [0.15, 0.2) is 83.9 Å². The molecule has 7 rings (SSSR count).